The monoisotopic (exact) mass is 245 g/mol. The number of rotatable bonds is 5. The number of aliphatic hydroxyl groups excluding tert-OH is 1. The highest BCUT2D eigenvalue weighted by Crippen LogP contribution is 2.06. The van der Waals surface area contributed by atoms with Crippen molar-refractivity contribution in [3.8, 4) is 0 Å². The lowest BCUT2D eigenvalue weighted by Gasteiger charge is -2.21. The van der Waals surface area contributed by atoms with Crippen molar-refractivity contribution in [2.45, 2.75) is 32.4 Å². The largest absolute Gasteiger partial charge is 0.460 e. The van der Waals surface area contributed by atoms with E-state index in [4.69, 9.17) is 9.84 Å². The molecule has 0 saturated carbocycles. The maximum Gasteiger partial charge on any atom is 0.408 e. The molecule has 98 valence electrons. The van der Waals surface area contributed by atoms with Gasteiger partial charge in [0.1, 0.15) is 12.2 Å². The minimum Gasteiger partial charge on any atom is -0.460 e. The summed E-state index contributed by atoms with van der Waals surface area (Å²) in [6, 6.07) is -1.13. The Hall–Kier alpha value is -1.56. The molecule has 0 bridgehead atoms. The van der Waals surface area contributed by atoms with Gasteiger partial charge in [-0.3, -0.25) is 0 Å². The third-order valence-electron chi connectivity index (χ3n) is 1.50. The number of hydrogen-bond donors (Lipinski definition) is 2. The number of carbonyl (C=O) groups excluding carboxylic acids is 2. The van der Waals surface area contributed by atoms with Gasteiger partial charge >= 0.3 is 12.1 Å². The third kappa shape index (κ3) is 7.35. The molecule has 0 aromatic rings. The Morgan fingerprint density at radius 1 is 1.47 bits per heavy atom. The van der Waals surface area contributed by atoms with E-state index in [-0.39, 0.29) is 6.61 Å². The van der Waals surface area contributed by atoms with Gasteiger partial charge in [0.25, 0.3) is 0 Å². The third-order valence-corrected chi connectivity index (χ3v) is 1.50. The number of esters is 1. The van der Waals surface area contributed by atoms with Gasteiger partial charge in [-0.25, -0.2) is 9.59 Å². The maximum absolute atomic E-state index is 11.3. The Morgan fingerprint density at radius 2 is 2.06 bits per heavy atom. The lowest BCUT2D eigenvalue weighted by molar-refractivity contribution is -0.145. The predicted octanol–water partition coefficient (Wildman–Crippen LogP) is 0.601. The van der Waals surface area contributed by atoms with Gasteiger partial charge in [0, 0.05) is 0 Å². The number of ether oxygens (including phenoxy) is 2. The molecule has 0 rings (SSSR count). The molecular formula is C11H19NO5. The highest BCUT2D eigenvalue weighted by molar-refractivity contribution is 5.81. The fraction of sp³-hybridized carbons (Fsp3) is 0.636. The molecule has 0 saturated heterocycles. The van der Waals surface area contributed by atoms with Crippen molar-refractivity contribution in [3.05, 3.63) is 12.7 Å². The maximum atomic E-state index is 11.3. The highest BCUT2D eigenvalue weighted by Gasteiger charge is 2.24. The summed E-state index contributed by atoms with van der Waals surface area (Å²) in [6.07, 6.45) is 0.604. The molecule has 0 aliphatic carbocycles. The molecule has 0 spiro atoms. The predicted molar refractivity (Wildman–Crippen MR) is 61.4 cm³/mol. The first-order chi connectivity index (χ1) is 7.80. The molecule has 0 aromatic carbocycles. The number of hydrogen-bond acceptors (Lipinski definition) is 5. The van der Waals surface area contributed by atoms with Crippen LogP contribution in [0, 0.1) is 0 Å². The van der Waals surface area contributed by atoms with Crippen LogP contribution in [-0.2, 0) is 14.3 Å². The van der Waals surface area contributed by atoms with Crippen LogP contribution in [0.25, 0.3) is 0 Å². The smallest absolute Gasteiger partial charge is 0.408 e. The van der Waals surface area contributed by atoms with Crippen molar-refractivity contribution < 1.29 is 24.2 Å². The highest BCUT2D eigenvalue weighted by atomic mass is 16.6. The first kappa shape index (κ1) is 15.4. The van der Waals surface area contributed by atoms with Crippen LogP contribution in [0.15, 0.2) is 12.7 Å². The van der Waals surface area contributed by atoms with Crippen LogP contribution in [0.4, 0.5) is 4.79 Å². The summed E-state index contributed by atoms with van der Waals surface area (Å²) >= 11 is 0. The van der Waals surface area contributed by atoms with Gasteiger partial charge in [-0.1, -0.05) is 12.7 Å². The first-order valence-corrected chi connectivity index (χ1v) is 5.18. The summed E-state index contributed by atoms with van der Waals surface area (Å²) in [6.45, 7) is 7.91. The van der Waals surface area contributed by atoms with Crippen molar-refractivity contribution in [1.82, 2.24) is 5.32 Å². The molecule has 0 heterocycles. The molecule has 0 aromatic heterocycles. The number of carbonyl (C=O) groups is 2. The molecule has 0 fully saturated rings. The van der Waals surface area contributed by atoms with Gasteiger partial charge < -0.3 is 19.9 Å². The van der Waals surface area contributed by atoms with Gasteiger partial charge in [0.15, 0.2) is 6.04 Å². The van der Waals surface area contributed by atoms with Crippen LogP contribution in [0.3, 0.4) is 0 Å². The summed E-state index contributed by atoms with van der Waals surface area (Å²) in [4.78, 5) is 22.7. The standard InChI is InChI=1S/C11H19NO5/c1-5-6-16-9(14)8(7-13)12-10(15)17-11(2,3)4/h5,8,13H,1,6-7H2,2-4H3,(H,12,15). The van der Waals surface area contributed by atoms with Crippen molar-refractivity contribution in [2.75, 3.05) is 13.2 Å². The van der Waals surface area contributed by atoms with Gasteiger partial charge in [0.05, 0.1) is 6.61 Å². The minimum absolute atomic E-state index is 0.0192. The van der Waals surface area contributed by atoms with E-state index in [9.17, 15) is 9.59 Å². The van der Waals surface area contributed by atoms with E-state index in [1.807, 2.05) is 0 Å². The molecule has 1 unspecified atom stereocenters. The van der Waals surface area contributed by atoms with Crippen LogP contribution in [-0.4, -0.2) is 42.0 Å². The molecule has 1 amide bonds. The second-order valence-electron chi connectivity index (χ2n) is 4.30. The molecule has 0 aliphatic heterocycles. The van der Waals surface area contributed by atoms with E-state index in [0.717, 1.165) is 0 Å². The SMILES string of the molecule is C=CCOC(=O)C(CO)NC(=O)OC(C)(C)C. The molecule has 2 N–H and O–H groups in total. The van der Waals surface area contributed by atoms with Crippen molar-refractivity contribution in [1.29, 1.82) is 0 Å². The topological polar surface area (TPSA) is 84.9 Å². The minimum atomic E-state index is -1.13. The number of nitrogens with one attached hydrogen (secondary N) is 1. The van der Waals surface area contributed by atoms with Gasteiger partial charge in [-0.2, -0.15) is 0 Å². The molecule has 1 atom stereocenters. The van der Waals surface area contributed by atoms with Crippen LogP contribution >= 0.6 is 0 Å². The van der Waals surface area contributed by atoms with Crippen LogP contribution in [0.5, 0.6) is 0 Å². The lowest BCUT2D eigenvalue weighted by atomic mass is 10.2. The fourth-order valence-electron chi connectivity index (χ4n) is 0.871. The van der Waals surface area contributed by atoms with Crippen molar-refractivity contribution in [2.24, 2.45) is 0 Å². The van der Waals surface area contributed by atoms with Crippen LogP contribution in [0.1, 0.15) is 20.8 Å². The van der Waals surface area contributed by atoms with Gasteiger partial charge in [0.2, 0.25) is 0 Å². The van der Waals surface area contributed by atoms with Crippen LogP contribution in [0.2, 0.25) is 0 Å². The normalized spacial score (nSPS) is 12.5. The zero-order chi connectivity index (χ0) is 13.5. The lowest BCUT2D eigenvalue weighted by Crippen LogP contribution is -2.46. The number of aliphatic hydroxyl groups is 1. The summed E-state index contributed by atoms with van der Waals surface area (Å²) in [7, 11) is 0. The molecule has 0 radical (unpaired) electrons. The van der Waals surface area contributed by atoms with Gasteiger partial charge in [-0.15, -0.1) is 0 Å². The van der Waals surface area contributed by atoms with Gasteiger partial charge in [-0.05, 0) is 20.8 Å². The number of alkyl carbamates (subject to hydrolysis) is 1. The van der Waals surface area contributed by atoms with E-state index in [0.29, 0.717) is 0 Å². The molecule has 6 heteroatoms. The zero-order valence-corrected chi connectivity index (χ0v) is 10.4. The summed E-state index contributed by atoms with van der Waals surface area (Å²) in [5, 5.41) is 11.2. The molecule has 0 aliphatic rings. The first-order valence-electron chi connectivity index (χ1n) is 5.18. The quantitative estimate of drug-likeness (QED) is 0.547. The fourth-order valence-corrected chi connectivity index (χ4v) is 0.871. The Labute approximate surface area is 101 Å². The number of amides is 1. The second kappa shape index (κ2) is 6.90. The van der Waals surface area contributed by atoms with Crippen molar-refractivity contribution >= 4 is 12.1 Å². The Bertz CT molecular complexity index is 282. The Kier molecular flexibility index (Phi) is 6.27. The summed E-state index contributed by atoms with van der Waals surface area (Å²) in [5.74, 6) is -0.738. The second-order valence-corrected chi connectivity index (χ2v) is 4.30. The molecular weight excluding hydrogens is 226 g/mol. The van der Waals surface area contributed by atoms with E-state index in [1.165, 1.54) is 6.08 Å². The summed E-state index contributed by atoms with van der Waals surface area (Å²) < 4.78 is 9.62. The van der Waals surface area contributed by atoms with E-state index >= 15 is 0 Å². The van der Waals surface area contributed by atoms with Crippen LogP contribution < -0.4 is 5.32 Å². The van der Waals surface area contributed by atoms with E-state index < -0.39 is 30.3 Å². The summed E-state index contributed by atoms with van der Waals surface area (Å²) in [5.41, 5.74) is -0.672. The Morgan fingerprint density at radius 3 is 2.47 bits per heavy atom. The van der Waals surface area contributed by atoms with E-state index in [1.54, 1.807) is 20.8 Å². The molecule has 17 heavy (non-hydrogen) atoms. The molecule has 6 nitrogen and oxygen atoms in total. The zero-order valence-electron chi connectivity index (χ0n) is 10.4. The average molecular weight is 245 g/mol. The Balaban J connectivity index is 4.25. The average Bonchev–Trinajstić information content (AvgIpc) is 2.19. The van der Waals surface area contributed by atoms with Crippen molar-refractivity contribution in [3.63, 3.8) is 0 Å². The van der Waals surface area contributed by atoms with E-state index in [2.05, 4.69) is 16.6 Å².